The zero-order valence-electron chi connectivity index (χ0n) is 8.03. The minimum Gasteiger partial charge on any atom is -0.396 e. The predicted octanol–water partition coefficient (Wildman–Crippen LogP) is 2.13. The number of nitrogens with two attached hydrogens (primary N) is 1. The summed E-state index contributed by atoms with van der Waals surface area (Å²) in [6.45, 7) is 2.07. The molecule has 0 aliphatic rings. The molecule has 0 radical (unpaired) electrons. The molecule has 0 saturated carbocycles. The lowest BCUT2D eigenvalue weighted by molar-refractivity contribution is 0.250. The Morgan fingerprint density at radius 1 is 1.57 bits per heavy atom. The molecule has 1 atom stereocenters. The smallest absolute Gasteiger partial charge is 0.147 e. The van der Waals surface area contributed by atoms with E-state index >= 15 is 0 Å². The summed E-state index contributed by atoms with van der Waals surface area (Å²) in [5.41, 5.74) is 5.75. The predicted molar refractivity (Wildman–Crippen MR) is 57.8 cm³/mol. The number of hydrogen-bond donors (Lipinski definition) is 2. The monoisotopic (exact) mass is 215 g/mol. The van der Waals surface area contributed by atoms with Crippen molar-refractivity contribution in [1.29, 1.82) is 0 Å². The van der Waals surface area contributed by atoms with Gasteiger partial charge in [0, 0.05) is 17.3 Å². The van der Waals surface area contributed by atoms with E-state index in [2.05, 4.69) is 0 Å². The third kappa shape index (κ3) is 2.89. The summed E-state index contributed by atoms with van der Waals surface area (Å²) in [5.74, 6) is 0.554. The molecule has 3 N–H and O–H groups in total. The maximum Gasteiger partial charge on any atom is 0.147 e. The van der Waals surface area contributed by atoms with E-state index in [0.717, 1.165) is 10.6 Å². The summed E-state index contributed by atoms with van der Waals surface area (Å²) in [6, 6.07) is 4.76. The van der Waals surface area contributed by atoms with Crippen molar-refractivity contribution in [2.75, 3.05) is 18.1 Å². The van der Waals surface area contributed by atoms with Gasteiger partial charge in [0.25, 0.3) is 0 Å². The number of aliphatic hydroxyl groups excluding tert-OH is 1. The maximum atomic E-state index is 13.0. The quantitative estimate of drug-likeness (QED) is 0.597. The van der Waals surface area contributed by atoms with E-state index in [9.17, 15) is 4.39 Å². The molecular weight excluding hydrogens is 201 g/mol. The van der Waals surface area contributed by atoms with Crippen LogP contribution in [0.4, 0.5) is 10.1 Å². The fourth-order valence-corrected chi connectivity index (χ4v) is 1.93. The Bertz CT molecular complexity index is 306. The van der Waals surface area contributed by atoms with Crippen molar-refractivity contribution in [2.45, 2.75) is 11.8 Å². The van der Waals surface area contributed by atoms with Gasteiger partial charge in [-0.3, -0.25) is 0 Å². The van der Waals surface area contributed by atoms with Gasteiger partial charge < -0.3 is 10.8 Å². The highest BCUT2D eigenvalue weighted by Crippen LogP contribution is 2.28. The highest BCUT2D eigenvalue weighted by molar-refractivity contribution is 7.99. The van der Waals surface area contributed by atoms with E-state index in [4.69, 9.17) is 10.8 Å². The van der Waals surface area contributed by atoms with E-state index in [0.29, 0.717) is 0 Å². The minimum absolute atomic E-state index is 0.141. The van der Waals surface area contributed by atoms with Crippen LogP contribution in [-0.2, 0) is 0 Å². The Kier molecular flexibility index (Phi) is 4.22. The number of nitrogen functional groups attached to an aromatic ring is 1. The molecule has 14 heavy (non-hydrogen) atoms. The van der Waals surface area contributed by atoms with Gasteiger partial charge in [-0.05, 0) is 18.1 Å². The number of hydrogen-bond acceptors (Lipinski definition) is 3. The van der Waals surface area contributed by atoms with Crippen molar-refractivity contribution in [3.8, 4) is 0 Å². The lowest BCUT2D eigenvalue weighted by Crippen LogP contribution is -2.04. The van der Waals surface area contributed by atoms with Gasteiger partial charge in [0.15, 0.2) is 0 Å². The molecular formula is C10H14FNOS. The van der Waals surface area contributed by atoms with Crippen molar-refractivity contribution >= 4 is 17.4 Å². The van der Waals surface area contributed by atoms with Gasteiger partial charge in [0.05, 0.1) is 5.69 Å². The van der Waals surface area contributed by atoms with Gasteiger partial charge >= 0.3 is 0 Å². The van der Waals surface area contributed by atoms with E-state index < -0.39 is 0 Å². The number of halogens is 1. The summed E-state index contributed by atoms with van der Waals surface area (Å²) in [4.78, 5) is 0.741. The molecule has 1 rings (SSSR count). The van der Waals surface area contributed by atoms with Gasteiger partial charge in [-0.2, -0.15) is 0 Å². The highest BCUT2D eigenvalue weighted by Gasteiger charge is 2.06. The zero-order valence-corrected chi connectivity index (χ0v) is 8.85. The molecule has 0 aliphatic carbocycles. The first-order valence-electron chi connectivity index (χ1n) is 4.42. The third-order valence-corrected chi connectivity index (χ3v) is 3.25. The number of anilines is 1. The summed E-state index contributed by atoms with van der Waals surface area (Å²) in [5, 5.41) is 8.82. The Hall–Kier alpha value is -0.740. The molecule has 0 heterocycles. The Morgan fingerprint density at radius 3 is 2.93 bits per heavy atom. The van der Waals surface area contributed by atoms with Crippen molar-refractivity contribution < 1.29 is 9.50 Å². The van der Waals surface area contributed by atoms with Crippen LogP contribution in [0.1, 0.15) is 6.92 Å². The average Bonchev–Trinajstić information content (AvgIpc) is 2.20. The lowest BCUT2D eigenvalue weighted by Gasteiger charge is -2.09. The Morgan fingerprint density at radius 2 is 2.29 bits per heavy atom. The molecule has 2 nitrogen and oxygen atoms in total. The SMILES string of the molecule is CC(CO)CSc1cccc(F)c1N. The van der Waals surface area contributed by atoms with Crippen molar-refractivity contribution in [1.82, 2.24) is 0 Å². The zero-order chi connectivity index (χ0) is 10.6. The first-order valence-corrected chi connectivity index (χ1v) is 5.41. The molecule has 78 valence electrons. The summed E-state index contributed by atoms with van der Waals surface area (Å²) in [7, 11) is 0. The van der Waals surface area contributed by atoms with Gasteiger partial charge in [-0.15, -0.1) is 11.8 Å². The van der Waals surface area contributed by atoms with E-state index in [1.807, 2.05) is 6.92 Å². The van der Waals surface area contributed by atoms with Crippen LogP contribution in [0, 0.1) is 11.7 Å². The van der Waals surface area contributed by atoms with Crippen LogP contribution < -0.4 is 5.73 Å². The standard InChI is InChI=1S/C10H14FNOS/c1-7(5-13)6-14-9-4-2-3-8(11)10(9)12/h2-4,7,13H,5-6,12H2,1H3. The molecule has 0 bridgehead atoms. The first-order chi connectivity index (χ1) is 6.65. The van der Waals surface area contributed by atoms with Crippen LogP contribution >= 0.6 is 11.8 Å². The Labute approximate surface area is 87.3 Å². The molecule has 1 unspecified atom stereocenters. The molecule has 1 aromatic rings. The van der Waals surface area contributed by atoms with Crippen LogP contribution in [0.15, 0.2) is 23.1 Å². The summed E-state index contributed by atoms with van der Waals surface area (Å²) >= 11 is 1.47. The summed E-state index contributed by atoms with van der Waals surface area (Å²) < 4.78 is 13.0. The molecule has 0 spiro atoms. The number of rotatable bonds is 4. The van der Waals surface area contributed by atoms with Crippen molar-refractivity contribution in [2.24, 2.45) is 5.92 Å². The van der Waals surface area contributed by atoms with Gasteiger partial charge in [-0.1, -0.05) is 13.0 Å². The van der Waals surface area contributed by atoms with Gasteiger partial charge in [-0.25, -0.2) is 4.39 Å². The minimum atomic E-state index is -0.383. The van der Waals surface area contributed by atoms with Crippen molar-refractivity contribution in [3.05, 3.63) is 24.0 Å². The fourth-order valence-electron chi connectivity index (χ4n) is 0.928. The topological polar surface area (TPSA) is 46.2 Å². The second-order valence-electron chi connectivity index (χ2n) is 3.25. The number of benzene rings is 1. The number of aliphatic hydroxyl groups is 1. The van der Waals surface area contributed by atoms with Crippen LogP contribution in [0.3, 0.4) is 0 Å². The second-order valence-corrected chi connectivity index (χ2v) is 4.31. The van der Waals surface area contributed by atoms with Gasteiger partial charge in [0.1, 0.15) is 5.82 Å². The third-order valence-electron chi connectivity index (χ3n) is 1.85. The molecule has 0 aromatic heterocycles. The average molecular weight is 215 g/mol. The molecule has 0 fully saturated rings. The normalized spacial score (nSPS) is 12.8. The lowest BCUT2D eigenvalue weighted by atomic mass is 10.2. The van der Waals surface area contributed by atoms with Crippen LogP contribution in [0.2, 0.25) is 0 Å². The largest absolute Gasteiger partial charge is 0.396 e. The van der Waals surface area contributed by atoms with Gasteiger partial charge in [0.2, 0.25) is 0 Å². The molecule has 1 aromatic carbocycles. The van der Waals surface area contributed by atoms with E-state index in [1.165, 1.54) is 17.8 Å². The second kappa shape index (κ2) is 5.22. The maximum absolute atomic E-state index is 13.0. The Balaban J connectivity index is 2.63. The first kappa shape index (κ1) is 11.3. The summed E-state index contributed by atoms with van der Waals surface area (Å²) in [6.07, 6.45) is 0. The molecule has 0 aliphatic heterocycles. The van der Waals surface area contributed by atoms with Crippen LogP contribution in [0.5, 0.6) is 0 Å². The number of thioether (sulfide) groups is 1. The highest BCUT2D eigenvalue weighted by atomic mass is 32.2. The van der Waals surface area contributed by atoms with Crippen LogP contribution in [-0.4, -0.2) is 17.5 Å². The molecule has 0 amide bonds. The van der Waals surface area contributed by atoms with Crippen molar-refractivity contribution in [3.63, 3.8) is 0 Å². The van der Waals surface area contributed by atoms with E-state index in [1.54, 1.807) is 12.1 Å². The molecule has 0 saturated heterocycles. The fraction of sp³-hybridized carbons (Fsp3) is 0.400. The number of para-hydroxylation sites is 1. The van der Waals surface area contributed by atoms with E-state index in [-0.39, 0.29) is 24.0 Å². The van der Waals surface area contributed by atoms with Crippen LogP contribution in [0.25, 0.3) is 0 Å². The molecule has 4 heteroatoms.